The number of methoxy groups -OCH3 is 1. The SMILES string of the molecule is COc1cccc2c(NC3CC(=O)N(C(C)(C)C)C3)cc(C)nc12. The van der Waals surface area contributed by atoms with Crippen LogP contribution in [-0.4, -0.2) is 41.0 Å². The minimum absolute atomic E-state index is 0.105. The maximum atomic E-state index is 12.3. The van der Waals surface area contributed by atoms with Crippen molar-refractivity contribution in [3.05, 3.63) is 30.0 Å². The molecule has 1 aromatic carbocycles. The van der Waals surface area contributed by atoms with Gasteiger partial charge in [0.15, 0.2) is 0 Å². The van der Waals surface area contributed by atoms with Gasteiger partial charge in [-0.25, -0.2) is 4.98 Å². The molecule has 0 saturated carbocycles. The van der Waals surface area contributed by atoms with E-state index in [0.29, 0.717) is 6.42 Å². The van der Waals surface area contributed by atoms with Crippen molar-refractivity contribution >= 4 is 22.5 Å². The summed E-state index contributed by atoms with van der Waals surface area (Å²) in [5, 5.41) is 4.57. The van der Waals surface area contributed by atoms with Crippen molar-refractivity contribution < 1.29 is 9.53 Å². The van der Waals surface area contributed by atoms with Gasteiger partial charge in [0.05, 0.1) is 13.2 Å². The van der Waals surface area contributed by atoms with Crippen molar-refractivity contribution in [2.75, 3.05) is 19.0 Å². The molecule has 2 aromatic rings. The molecule has 1 N–H and O–H groups in total. The highest BCUT2D eigenvalue weighted by Gasteiger charge is 2.36. The maximum absolute atomic E-state index is 12.3. The summed E-state index contributed by atoms with van der Waals surface area (Å²) in [6.45, 7) is 8.91. The van der Waals surface area contributed by atoms with E-state index in [4.69, 9.17) is 4.74 Å². The standard InChI is InChI=1S/C19H25N3O2/c1-12-9-15(14-7-6-8-16(24-5)18(14)20-12)21-13-10-17(23)22(11-13)19(2,3)4/h6-9,13H,10-11H2,1-5H3,(H,20,21). The third-order valence-corrected chi connectivity index (χ3v) is 4.44. The lowest BCUT2D eigenvalue weighted by molar-refractivity contribution is -0.131. The fourth-order valence-electron chi connectivity index (χ4n) is 3.31. The zero-order valence-corrected chi connectivity index (χ0v) is 15.0. The molecule has 0 spiro atoms. The van der Waals surface area contributed by atoms with Gasteiger partial charge < -0.3 is 15.0 Å². The Labute approximate surface area is 143 Å². The Hall–Kier alpha value is -2.30. The second-order valence-corrected chi connectivity index (χ2v) is 7.39. The van der Waals surface area contributed by atoms with Crippen LogP contribution in [0.1, 0.15) is 32.9 Å². The molecule has 1 aliphatic rings. The van der Waals surface area contributed by atoms with Crippen LogP contribution in [0, 0.1) is 6.92 Å². The van der Waals surface area contributed by atoms with Gasteiger partial charge in [-0.3, -0.25) is 4.79 Å². The van der Waals surface area contributed by atoms with Crippen LogP contribution in [0.25, 0.3) is 10.9 Å². The van der Waals surface area contributed by atoms with E-state index in [2.05, 4.69) is 31.1 Å². The lowest BCUT2D eigenvalue weighted by Gasteiger charge is -2.32. The summed E-state index contributed by atoms with van der Waals surface area (Å²) >= 11 is 0. The van der Waals surface area contributed by atoms with Crippen LogP contribution in [0.15, 0.2) is 24.3 Å². The summed E-state index contributed by atoms with van der Waals surface area (Å²) < 4.78 is 5.43. The zero-order valence-electron chi connectivity index (χ0n) is 15.0. The molecule has 1 saturated heterocycles. The number of nitrogens with zero attached hydrogens (tertiary/aromatic N) is 2. The van der Waals surface area contributed by atoms with Gasteiger partial charge in [-0.05, 0) is 39.8 Å². The van der Waals surface area contributed by atoms with Crippen molar-refractivity contribution in [1.82, 2.24) is 9.88 Å². The maximum Gasteiger partial charge on any atom is 0.225 e. The molecule has 0 bridgehead atoms. The Balaban J connectivity index is 1.93. The third kappa shape index (κ3) is 3.03. The van der Waals surface area contributed by atoms with E-state index in [1.165, 1.54) is 0 Å². The number of fused-ring (bicyclic) bond motifs is 1. The lowest BCUT2D eigenvalue weighted by atomic mass is 10.1. The van der Waals surface area contributed by atoms with Gasteiger partial charge in [-0.1, -0.05) is 12.1 Å². The number of ether oxygens (including phenoxy) is 1. The number of hydrogen-bond acceptors (Lipinski definition) is 4. The van der Waals surface area contributed by atoms with Gasteiger partial charge in [-0.2, -0.15) is 0 Å². The molecule has 0 radical (unpaired) electrons. The average molecular weight is 327 g/mol. The van der Waals surface area contributed by atoms with Crippen molar-refractivity contribution in [3.63, 3.8) is 0 Å². The normalized spacial score (nSPS) is 18.3. The van der Waals surface area contributed by atoms with E-state index in [0.717, 1.165) is 34.6 Å². The van der Waals surface area contributed by atoms with Crippen LogP contribution in [0.3, 0.4) is 0 Å². The number of hydrogen-bond donors (Lipinski definition) is 1. The van der Waals surface area contributed by atoms with Gasteiger partial charge in [0.25, 0.3) is 0 Å². The zero-order chi connectivity index (χ0) is 17.5. The van der Waals surface area contributed by atoms with Gasteiger partial charge in [-0.15, -0.1) is 0 Å². The number of carbonyl (C=O) groups is 1. The Morgan fingerprint density at radius 2 is 2.08 bits per heavy atom. The summed E-state index contributed by atoms with van der Waals surface area (Å²) in [7, 11) is 1.66. The molecule has 2 heterocycles. The number of aromatic nitrogens is 1. The summed E-state index contributed by atoms with van der Waals surface area (Å²) in [5.74, 6) is 0.964. The third-order valence-electron chi connectivity index (χ3n) is 4.44. The monoisotopic (exact) mass is 327 g/mol. The molecule has 5 heteroatoms. The van der Waals surface area contributed by atoms with Crippen LogP contribution >= 0.6 is 0 Å². The minimum atomic E-state index is -0.146. The molecule has 24 heavy (non-hydrogen) atoms. The smallest absolute Gasteiger partial charge is 0.225 e. The van der Waals surface area contributed by atoms with E-state index in [1.54, 1.807) is 7.11 Å². The van der Waals surface area contributed by atoms with Crippen molar-refractivity contribution in [2.24, 2.45) is 0 Å². The van der Waals surface area contributed by atoms with Crippen LogP contribution in [0.2, 0.25) is 0 Å². The first-order valence-corrected chi connectivity index (χ1v) is 8.31. The molecular weight excluding hydrogens is 302 g/mol. The second kappa shape index (κ2) is 5.96. The highest BCUT2D eigenvalue weighted by atomic mass is 16.5. The number of rotatable bonds is 3. The van der Waals surface area contributed by atoms with E-state index in [-0.39, 0.29) is 17.5 Å². The molecule has 1 aliphatic heterocycles. The number of likely N-dealkylation sites (tertiary alicyclic amines) is 1. The summed E-state index contributed by atoms with van der Waals surface area (Å²) in [6, 6.07) is 8.05. The van der Waals surface area contributed by atoms with Crippen molar-refractivity contribution in [1.29, 1.82) is 0 Å². The molecule has 5 nitrogen and oxygen atoms in total. The Kier molecular flexibility index (Phi) is 4.11. The number of benzene rings is 1. The van der Waals surface area contributed by atoms with Crippen molar-refractivity contribution in [3.8, 4) is 5.75 Å². The van der Waals surface area contributed by atoms with Crippen LogP contribution in [-0.2, 0) is 4.79 Å². The average Bonchev–Trinajstić information content (AvgIpc) is 2.87. The lowest BCUT2D eigenvalue weighted by Crippen LogP contribution is -2.43. The molecule has 1 aromatic heterocycles. The van der Waals surface area contributed by atoms with Crippen LogP contribution in [0.5, 0.6) is 5.75 Å². The van der Waals surface area contributed by atoms with E-state index in [1.807, 2.05) is 36.1 Å². The van der Waals surface area contributed by atoms with Crippen LogP contribution < -0.4 is 10.1 Å². The fraction of sp³-hybridized carbons (Fsp3) is 0.474. The van der Waals surface area contributed by atoms with Gasteiger partial charge in [0, 0.05) is 35.3 Å². The molecule has 1 amide bonds. The molecule has 1 unspecified atom stereocenters. The predicted molar refractivity (Wildman–Crippen MR) is 96.5 cm³/mol. The topological polar surface area (TPSA) is 54.5 Å². The van der Waals surface area contributed by atoms with E-state index >= 15 is 0 Å². The molecule has 1 atom stereocenters. The first-order chi connectivity index (χ1) is 11.3. The number of para-hydroxylation sites is 1. The van der Waals surface area contributed by atoms with Crippen molar-refractivity contribution in [2.45, 2.75) is 45.7 Å². The summed E-state index contributed by atoms with van der Waals surface area (Å²) in [5.41, 5.74) is 2.63. The summed E-state index contributed by atoms with van der Waals surface area (Å²) in [4.78, 5) is 18.9. The largest absolute Gasteiger partial charge is 0.494 e. The van der Waals surface area contributed by atoms with E-state index < -0.39 is 0 Å². The quantitative estimate of drug-likeness (QED) is 0.939. The number of pyridine rings is 1. The number of amides is 1. The fourth-order valence-corrected chi connectivity index (χ4v) is 3.31. The first kappa shape index (κ1) is 16.6. The first-order valence-electron chi connectivity index (χ1n) is 8.31. The Bertz CT molecular complexity index is 780. The predicted octanol–water partition coefficient (Wildman–Crippen LogP) is 3.36. The number of nitrogens with one attached hydrogen (secondary N) is 1. The van der Waals surface area contributed by atoms with Gasteiger partial charge in [0.2, 0.25) is 5.91 Å². The van der Waals surface area contributed by atoms with Gasteiger partial charge in [0.1, 0.15) is 11.3 Å². The van der Waals surface area contributed by atoms with Crippen LogP contribution in [0.4, 0.5) is 5.69 Å². The molecule has 1 fully saturated rings. The second-order valence-electron chi connectivity index (χ2n) is 7.39. The number of aryl methyl sites for hydroxylation is 1. The highest BCUT2D eigenvalue weighted by Crippen LogP contribution is 2.32. The Morgan fingerprint density at radius 1 is 1.33 bits per heavy atom. The number of anilines is 1. The van der Waals surface area contributed by atoms with Gasteiger partial charge >= 0.3 is 0 Å². The summed E-state index contributed by atoms with van der Waals surface area (Å²) in [6.07, 6.45) is 0.518. The molecule has 3 rings (SSSR count). The molecular formula is C19H25N3O2. The minimum Gasteiger partial charge on any atom is -0.494 e. The highest BCUT2D eigenvalue weighted by molar-refractivity contribution is 5.95. The number of carbonyl (C=O) groups excluding carboxylic acids is 1. The van der Waals surface area contributed by atoms with E-state index in [9.17, 15) is 4.79 Å². The molecule has 128 valence electrons. The molecule has 0 aliphatic carbocycles. The Morgan fingerprint density at radius 3 is 2.71 bits per heavy atom.